The van der Waals surface area contributed by atoms with Crippen LogP contribution in [0.15, 0.2) is 78.9 Å². The Balaban J connectivity index is 1.35. The number of ether oxygens (including phenoxy) is 1. The molecule has 3 aromatic carbocycles. The number of carboxylic acids is 1. The molecule has 0 aliphatic heterocycles. The summed E-state index contributed by atoms with van der Waals surface area (Å²) in [4.78, 5) is 36.7. The zero-order valence-electron chi connectivity index (χ0n) is 19.3. The highest BCUT2D eigenvalue weighted by atomic mass is 16.5. The first-order chi connectivity index (χ1) is 16.9. The summed E-state index contributed by atoms with van der Waals surface area (Å²) in [5.74, 6) is -1.28. The van der Waals surface area contributed by atoms with Crippen LogP contribution in [0.2, 0.25) is 0 Å². The third-order valence-electron chi connectivity index (χ3n) is 5.93. The Morgan fingerprint density at radius 2 is 1.63 bits per heavy atom. The maximum absolute atomic E-state index is 12.5. The van der Waals surface area contributed by atoms with Gasteiger partial charge in [-0.05, 0) is 46.0 Å². The van der Waals surface area contributed by atoms with E-state index in [-0.39, 0.29) is 31.4 Å². The molecule has 0 bridgehead atoms. The Kier molecular flexibility index (Phi) is 7.26. The van der Waals surface area contributed by atoms with E-state index in [2.05, 4.69) is 29.6 Å². The van der Waals surface area contributed by atoms with Gasteiger partial charge >= 0.3 is 12.1 Å². The summed E-state index contributed by atoms with van der Waals surface area (Å²) in [7, 11) is 1.55. The van der Waals surface area contributed by atoms with Gasteiger partial charge in [-0.3, -0.25) is 14.9 Å². The molecule has 1 aliphatic carbocycles. The number of amides is 2. The van der Waals surface area contributed by atoms with Crippen LogP contribution < -0.4 is 5.32 Å². The van der Waals surface area contributed by atoms with E-state index in [1.165, 1.54) is 22.1 Å². The number of carbonyl (C=O) groups excluding carboxylic acids is 2. The molecule has 35 heavy (non-hydrogen) atoms. The van der Waals surface area contributed by atoms with Crippen LogP contribution in [0.3, 0.4) is 0 Å². The van der Waals surface area contributed by atoms with Gasteiger partial charge < -0.3 is 14.7 Å². The second-order valence-electron chi connectivity index (χ2n) is 8.31. The van der Waals surface area contributed by atoms with Crippen LogP contribution in [0.25, 0.3) is 17.2 Å². The molecule has 0 saturated carbocycles. The Hall–Kier alpha value is -4.39. The lowest BCUT2D eigenvalue weighted by molar-refractivity contribution is -0.137. The molecule has 1 aliphatic rings. The third kappa shape index (κ3) is 5.76. The van der Waals surface area contributed by atoms with E-state index in [0.29, 0.717) is 11.3 Å². The molecule has 0 spiro atoms. The van der Waals surface area contributed by atoms with E-state index < -0.39 is 12.1 Å². The summed E-state index contributed by atoms with van der Waals surface area (Å²) >= 11 is 0. The summed E-state index contributed by atoms with van der Waals surface area (Å²) in [6.45, 7) is 0.346. The topological polar surface area (TPSA) is 95.9 Å². The van der Waals surface area contributed by atoms with Gasteiger partial charge in [-0.1, -0.05) is 60.7 Å². The summed E-state index contributed by atoms with van der Waals surface area (Å²) < 4.78 is 5.58. The first kappa shape index (κ1) is 23.8. The predicted octanol–water partition coefficient (Wildman–Crippen LogP) is 4.99. The summed E-state index contributed by atoms with van der Waals surface area (Å²) in [5.41, 5.74) is 5.87. The normalized spacial score (nSPS) is 12.1. The zero-order chi connectivity index (χ0) is 24.8. The molecular formula is C28H26N2O5. The lowest BCUT2D eigenvalue weighted by Gasteiger charge is -2.15. The average Bonchev–Trinajstić information content (AvgIpc) is 3.18. The minimum atomic E-state index is -0.958. The molecule has 2 amide bonds. The lowest BCUT2D eigenvalue weighted by atomic mass is 9.98. The van der Waals surface area contributed by atoms with Gasteiger partial charge in [0, 0.05) is 31.3 Å². The minimum absolute atomic E-state index is 0.0217. The molecular weight excluding hydrogens is 444 g/mol. The molecule has 0 heterocycles. The quantitative estimate of drug-likeness (QED) is 0.452. The first-order valence-electron chi connectivity index (χ1n) is 11.3. The SMILES string of the molecule is CN(CCC(=O)O)C(=O)/C=C/c1cccc(NC(=O)OCC2c3ccccc3-c3ccccc32)c1. The van der Waals surface area contributed by atoms with Crippen LogP contribution >= 0.6 is 0 Å². The second kappa shape index (κ2) is 10.7. The number of rotatable bonds is 8. The molecule has 2 N–H and O–H groups in total. The van der Waals surface area contributed by atoms with Gasteiger partial charge in [-0.2, -0.15) is 0 Å². The average molecular weight is 471 g/mol. The number of anilines is 1. The Morgan fingerprint density at radius 3 is 2.29 bits per heavy atom. The first-order valence-corrected chi connectivity index (χ1v) is 11.3. The van der Waals surface area contributed by atoms with Crippen molar-refractivity contribution in [2.75, 3.05) is 25.5 Å². The second-order valence-corrected chi connectivity index (χ2v) is 8.31. The van der Waals surface area contributed by atoms with Gasteiger partial charge in [0.2, 0.25) is 5.91 Å². The fourth-order valence-electron chi connectivity index (χ4n) is 4.14. The van der Waals surface area contributed by atoms with Crippen molar-refractivity contribution in [3.8, 4) is 11.1 Å². The molecule has 0 radical (unpaired) electrons. The molecule has 178 valence electrons. The minimum Gasteiger partial charge on any atom is -0.481 e. The number of hydrogen-bond donors (Lipinski definition) is 2. The molecule has 3 aromatic rings. The summed E-state index contributed by atoms with van der Waals surface area (Å²) in [5, 5.41) is 11.5. The molecule has 0 aromatic heterocycles. The van der Waals surface area contributed by atoms with Crippen LogP contribution in [0, 0.1) is 0 Å². The number of hydrogen-bond acceptors (Lipinski definition) is 4. The van der Waals surface area contributed by atoms with E-state index in [1.54, 1.807) is 37.4 Å². The number of carboxylic acid groups (broad SMARTS) is 1. The van der Waals surface area contributed by atoms with Crippen LogP contribution in [0.1, 0.15) is 29.0 Å². The molecule has 4 rings (SSSR count). The van der Waals surface area contributed by atoms with Crippen LogP contribution in [0.4, 0.5) is 10.5 Å². The van der Waals surface area contributed by atoms with Gasteiger partial charge in [-0.15, -0.1) is 0 Å². The fourth-order valence-corrected chi connectivity index (χ4v) is 4.14. The number of aliphatic carboxylic acids is 1. The molecule has 7 heteroatoms. The Morgan fingerprint density at radius 1 is 0.971 bits per heavy atom. The Labute approximate surface area is 203 Å². The van der Waals surface area contributed by atoms with E-state index in [9.17, 15) is 14.4 Å². The van der Waals surface area contributed by atoms with Gasteiger partial charge in [0.05, 0.1) is 6.42 Å². The number of nitrogens with zero attached hydrogens (tertiary/aromatic N) is 1. The lowest BCUT2D eigenvalue weighted by Crippen LogP contribution is -2.27. The van der Waals surface area contributed by atoms with Crippen molar-refractivity contribution in [1.82, 2.24) is 4.90 Å². The van der Waals surface area contributed by atoms with Gasteiger partial charge in [0.25, 0.3) is 0 Å². The highest BCUT2D eigenvalue weighted by Gasteiger charge is 2.29. The fraction of sp³-hybridized carbons (Fsp3) is 0.179. The van der Waals surface area contributed by atoms with Gasteiger partial charge in [-0.25, -0.2) is 4.79 Å². The number of benzene rings is 3. The van der Waals surface area contributed by atoms with E-state index in [1.807, 2.05) is 24.3 Å². The van der Waals surface area contributed by atoms with E-state index in [4.69, 9.17) is 9.84 Å². The highest BCUT2D eigenvalue weighted by Crippen LogP contribution is 2.44. The van der Waals surface area contributed by atoms with Crippen molar-refractivity contribution in [1.29, 1.82) is 0 Å². The molecule has 0 unspecified atom stereocenters. The van der Waals surface area contributed by atoms with Crippen molar-refractivity contribution in [3.63, 3.8) is 0 Å². The van der Waals surface area contributed by atoms with E-state index >= 15 is 0 Å². The number of fused-ring (bicyclic) bond motifs is 3. The third-order valence-corrected chi connectivity index (χ3v) is 5.93. The standard InChI is InChI=1S/C28H26N2O5/c1-30(16-15-27(32)33)26(31)14-13-19-7-6-8-20(17-19)29-28(34)35-18-25-23-11-4-2-9-21(23)22-10-3-5-12-24(22)25/h2-14,17,25H,15-16,18H2,1H3,(H,29,34)(H,32,33)/b14-13+. The zero-order valence-corrected chi connectivity index (χ0v) is 19.3. The van der Waals surface area contributed by atoms with Crippen molar-refractivity contribution in [2.24, 2.45) is 0 Å². The maximum atomic E-state index is 12.5. The van der Waals surface area contributed by atoms with Crippen molar-refractivity contribution in [3.05, 3.63) is 95.6 Å². The van der Waals surface area contributed by atoms with Crippen LogP contribution in [-0.2, 0) is 14.3 Å². The monoisotopic (exact) mass is 470 g/mol. The van der Waals surface area contributed by atoms with Crippen LogP contribution in [0.5, 0.6) is 0 Å². The number of nitrogens with one attached hydrogen (secondary N) is 1. The smallest absolute Gasteiger partial charge is 0.411 e. The van der Waals surface area contributed by atoms with Gasteiger partial charge in [0.1, 0.15) is 6.61 Å². The summed E-state index contributed by atoms with van der Waals surface area (Å²) in [6.07, 6.45) is 2.31. The highest BCUT2D eigenvalue weighted by molar-refractivity contribution is 5.92. The number of carbonyl (C=O) groups is 3. The molecule has 0 saturated heterocycles. The van der Waals surface area contributed by atoms with Gasteiger partial charge in [0.15, 0.2) is 0 Å². The number of likely N-dealkylation sites (N-methyl/N-ethyl adjacent to an activating group) is 1. The molecule has 0 atom stereocenters. The van der Waals surface area contributed by atoms with Crippen molar-refractivity contribution < 1.29 is 24.2 Å². The molecule has 7 nitrogen and oxygen atoms in total. The van der Waals surface area contributed by atoms with Crippen molar-refractivity contribution in [2.45, 2.75) is 12.3 Å². The van der Waals surface area contributed by atoms with E-state index in [0.717, 1.165) is 11.1 Å². The molecule has 0 fully saturated rings. The van der Waals surface area contributed by atoms with Crippen LogP contribution in [-0.4, -0.2) is 48.2 Å². The van der Waals surface area contributed by atoms with Crippen molar-refractivity contribution >= 4 is 29.7 Å². The largest absolute Gasteiger partial charge is 0.481 e. The Bertz CT molecular complexity index is 1240. The summed E-state index contributed by atoms with van der Waals surface area (Å²) in [6, 6.07) is 23.3. The maximum Gasteiger partial charge on any atom is 0.411 e. The predicted molar refractivity (Wildman–Crippen MR) is 134 cm³/mol.